The van der Waals surface area contributed by atoms with E-state index in [0.717, 1.165) is 23.8 Å². The summed E-state index contributed by atoms with van der Waals surface area (Å²) in [5.74, 6) is -2.04. The topological polar surface area (TPSA) is 155 Å². The summed E-state index contributed by atoms with van der Waals surface area (Å²) in [4.78, 5) is 20.9. The number of carboxylic acid groups (broad SMARTS) is 1. The normalized spacial score (nSPS) is 11.7. The van der Waals surface area contributed by atoms with Crippen molar-refractivity contribution >= 4 is 50.7 Å². The van der Waals surface area contributed by atoms with Gasteiger partial charge in [-0.2, -0.15) is 26.3 Å². The lowest BCUT2D eigenvalue weighted by Gasteiger charge is -2.16. The Morgan fingerprint density at radius 1 is 1.00 bits per heavy atom. The van der Waals surface area contributed by atoms with Crippen LogP contribution >= 0.6 is 11.6 Å². The molecule has 0 spiro atoms. The maximum atomic E-state index is 12.6. The Labute approximate surface area is 227 Å². The first-order valence-electron chi connectivity index (χ1n) is 10.5. The molecular formula is C21H19ClF6N6O5S. The summed E-state index contributed by atoms with van der Waals surface area (Å²) in [5, 5.41) is 13.3. The molecular weight excluding hydrogens is 598 g/mol. The molecule has 218 valence electrons. The number of carboxylic acids is 1. The monoisotopic (exact) mass is 616 g/mol. The third kappa shape index (κ3) is 10.0. The Morgan fingerprint density at radius 3 is 2.10 bits per heavy atom. The third-order valence-corrected chi connectivity index (χ3v) is 6.20. The molecule has 3 rings (SSSR count). The van der Waals surface area contributed by atoms with Crippen LogP contribution in [0.3, 0.4) is 0 Å². The van der Waals surface area contributed by atoms with Gasteiger partial charge in [0.25, 0.3) is 0 Å². The summed E-state index contributed by atoms with van der Waals surface area (Å²) in [6.45, 7) is 0.245. The summed E-state index contributed by atoms with van der Waals surface area (Å²) >= 11 is 5.97. The van der Waals surface area contributed by atoms with Gasteiger partial charge in [-0.25, -0.2) is 32.9 Å². The van der Waals surface area contributed by atoms with E-state index in [0.29, 0.717) is 16.7 Å². The second kappa shape index (κ2) is 13.0. The average Bonchev–Trinajstić information content (AvgIpc) is 2.85. The lowest BCUT2D eigenvalue weighted by molar-refractivity contribution is -0.192. The van der Waals surface area contributed by atoms with Crippen molar-refractivity contribution in [2.75, 3.05) is 24.3 Å². The molecule has 0 aliphatic heterocycles. The van der Waals surface area contributed by atoms with Gasteiger partial charge in [0.2, 0.25) is 10.0 Å². The second-order valence-electron chi connectivity index (χ2n) is 7.43. The number of sulfonamides is 1. The maximum Gasteiger partial charge on any atom is 0.490 e. The van der Waals surface area contributed by atoms with Gasteiger partial charge in [-0.1, -0.05) is 11.6 Å². The summed E-state index contributed by atoms with van der Waals surface area (Å²) in [7, 11) is -2.65. The number of nitrogens with one attached hydrogen (secondary N) is 3. The number of hydrogen-bond acceptors (Lipinski definition) is 9. The molecule has 0 radical (unpaired) electrons. The number of aryl methyl sites for hydroxylation is 1. The Hall–Kier alpha value is -3.90. The minimum Gasteiger partial charge on any atom is -0.482 e. The summed E-state index contributed by atoms with van der Waals surface area (Å²) in [6.07, 6.45) is -6.99. The number of alkyl halides is 6. The van der Waals surface area contributed by atoms with E-state index in [-0.39, 0.29) is 22.2 Å². The molecule has 0 saturated carbocycles. The molecule has 0 atom stereocenters. The molecule has 1 aromatic carbocycles. The van der Waals surface area contributed by atoms with Crippen LogP contribution in [0.4, 0.5) is 49.5 Å². The molecule has 3 aromatic rings. The number of rotatable bonds is 8. The highest BCUT2D eigenvalue weighted by Crippen LogP contribution is 2.32. The molecule has 11 nitrogen and oxygen atoms in total. The van der Waals surface area contributed by atoms with Gasteiger partial charge in [-0.05, 0) is 43.8 Å². The Balaban J connectivity index is 0.000000708. The lowest BCUT2D eigenvalue weighted by atomic mass is 10.3. The zero-order valence-electron chi connectivity index (χ0n) is 20.2. The van der Waals surface area contributed by atoms with Crippen LogP contribution in [0.15, 0.2) is 47.8 Å². The van der Waals surface area contributed by atoms with Crippen molar-refractivity contribution < 1.29 is 49.4 Å². The summed E-state index contributed by atoms with van der Waals surface area (Å²) in [6, 6.07) is 6.55. The largest absolute Gasteiger partial charge is 0.490 e. The Morgan fingerprint density at radius 2 is 1.57 bits per heavy atom. The van der Waals surface area contributed by atoms with E-state index in [1.165, 1.54) is 25.6 Å². The summed E-state index contributed by atoms with van der Waals surface area (Å²) < 4.78 is 101. The fraction of sp³-hybridized carbons (Fsp3) is 0.238. The van der Waals surface area contributed by atoms with Gasteiger partial charge in [0.1, 0.15) is 29.5 Å². The van der Waals surface area contributed by atoms with Crippen LogP contribution in [-0.2, 0) is 14.8 Å². The number of nitrogens with zero attached hydrogens (tertiary/aromatic N) is 3. The van der Waals surface area contributed by atoms with Gasteiger partial charge >= 0.3 is 18.3 Å². The minimum absolute atomic E-state index is 0.0410. The SMILES string of the molecule is CNS(=O)(=O)c1ccc(OCC(F)(F)F)c(Nc2cc(Nc3cc(C)c(Cl)cn3)ncn2)c1.O=C(O)C(F)(F)F. The second-order valence-corrected chi connectivity index (χ2v) is 9.72. The first-order valence-corrected chi connectivity index (χ1v) is 12.3. The fourth-order valence-corrected chi connectivity index (χ4v) is 3.41. The van der Waals surface area contributed by atoms with Crippen molar-refractivity contribution in [3.05, 3.63) is 53.4 Å². The highest BCUT2D eigenvalue weighted by Gasteiger charge is 2.38. The van der Waals surface area contributed by atoms with Crippen molar-refractivity contribution in [1.29, 1.82) is 0 Å². The number of hydrogen-bond donors (Lipinski definition) is 4. The number of pyridine rings is 1. The van der Waals surface area contributed by atoms with E-state index >= 15 is 0 Å². The van der Waals surface area contributed by atoms with E-state index in [1.807, 2.05) is 0 Å². The minimum atomic E-state index is -5.08. The van der Waals surface area contributed by atoms with Crippen LogP contribution in [0.25, 0.3) is 0 Å². The van der Waals surface area contributed by atoms with Gasteiger partial charge in [-0.15, -0.1) is 0 Å². The van der Waals surface area contributed by atoms with E-state index in [2.05, 4.69) is 30.3 Å². The van der Waals surface area contributed by atoms with E-state index < -0.39 is 35.0 Å². The molecule has 0 saturated heterocycles. The molecule has 0 fully saturated rings. The predicted octanol–water partition coefficient (Wildman–Crippen LogP) is 4.80. The molecule has 0 unspecified atom stereocenters. The number of aliphatic carboxylic acids is 1. The van der Waals surface area contributed by atoms with E-state index in [1.54, 1.807) is 13.0 Å². The van der Waals surface area contributed by atoms with Crippen molar-refractivity contribution in [1.82, 2.24) is 19.7 Å². The van der Waals surface area contributed by atoms with Gasteiger partial charge in [-0.3, -0.25) is 0 Å². The van der Waals surface area contributed by atoms with Crippen LogP contribution in [-0.4, -0.2) is 60.5 Å². The molecule has 40 heavy (non-hydrogen) atoms. The quantitative estimate of drug-likeness (QED) is 0.259. The van der Waals surface area contributed by atoms with Gasteiger partial charge < -0.3 is 20.5 Å². The maximum absolute atomic E-state index is 12.6. The van der Waals surface area contributed by atoms with E-state index in [9.17, 15) is 34.8 Å². The lowest BCUT2D eigenvalue weighted by Crippen LogP contribution is -2.21. The number of benzene rings is 1. The fourth-order valence-electron chi connectivity index (χ4n) is 2.55. The van der Waals surface area contributed by atoms with Crippen molar-refractivity contribution in [3.8, 4) is 5.75 Å². The van der Waals surface area contributed by atoms with Gasteiger partial charge in [0.15, 0.2) is 6.61 Å². The van der Waals surface area contributed by atoms with Crippen LogP contribution in [0.1, 0.15) is 5.56 Å². The molecule has 4 N–H and O–H groups in total. The third-order valence-electron chi connectivity index (χ3n) is 4.40. The first-order chi connectivity index (χ1) is 18.4. The van der Waals surface area contributed by atoms with Crippen LogP contribution in [0, 0.1) is 6.92 Å². The van der Waals surface area contributed by atoms with E-state index in [4.69, 9.17) is 26.2 Å². The number of halogens is 7. The van der Waals surface area contributed by atoms with Gasteiger partial charge in [0.05, 0.1) is 15.6 Å². The Kier molecular flexibility index (Phi) is 10.5. The van der Waals surface area contributed by atoms with Crippen molar-refractivity contribution in [2.24, 2.45) is 0 Å². The standard InChI is InChI=1S/C19H18ClF3N6O3S.C2HF3O2/c1-11-5-16(25-8-13(11)20)29-18-7-17(26-10-27-18)28-14-6-12(33(30,31)24-2)3-4-15(14)32-9-19(21,22)23;3-2(4,5)1(6)7/h3-8,10,24H,9H2,1-2H3,(H2,25,26,27,28,29);(H,6,7). The smallest absolute Gasteiger partial charge is 0.482 e. The highest BCUT2D eigenvalue weighted by molar-refractivity contribution is 7.89. The number of ether oxygens (including phenoxy) is 1. The Bertz CT molecular complexity index is 1460. The molecule has 0 aliphatic carbocycles. The number of carbonyl (C=O) groups is 1. The highest BCUT2D eigenvalue weighted by atomic mass is 35.5. The van der Waals surface area contributed by atoms with Crippen LogP contribution in [0.2, 0.25) is 5.02 Å². The average molecular weight is 617 g/mol. The van der Waals surface area contributed by atoms with Gasteiger partial charge in [0, 0.05) is 12.3 Å². The van der Waals surface area contributed by atoms with Crippen LogP contribution in [0.5, 0.6) is 5.75 Å². The summed E-state index contributed by atoms with van der Waals surface area (Å²) in [5.41, 5.74) is 0.747. The predicted molar refractivity (Wildman–Crippen MR) is 131 cm³/mol. The zero-order chi connectivity index (χ0) is 30.3. The molecule has 2 heterocycles. The zero-order valence-corrected chi connectivity index (χ0v) is 21.8. The number of aromatic nitrogens is 3. The van der Waals surface area contributed by atoms with Crippen molar-refractivity contribution in [2.45, 2.75) is 24.2 Å². The number of anilines is 4. The molecule has 0 amide bonds. The molecule has 0 bridgehead atoms. The molecule has 19 heteroatoms. The molecule has 2 aromatic heterocycles. The first kappa shape index (κ1) is 32.3. The van der Waals surface area contributed by atoms with Crippen LogP contribution < -0.4 is 20.1 Å². The van der Waals surface area contributed by atoms with Crippen molar-refractivity contribution in [3.63, 3.8) is 0 Å². The molecule has 0 aliphatic rings.